The summed E-state index contributed by atoms with van der Waals surface area (Å²) < 4.78 is 11.5. The van der Waals surface area contributed by atoms with E-state index in [1.165, 1.54) is 0 Å². The Morgan fingerprint density at radius 1 is 1.33 bits per heavy atom. The van der Waals surface area contributed by atoms with Crippen molar-refractivity contribution in [3.63, 3.8) is 0 Å². The Morgan fingerprint density at radius 2 is 1.94 bits per heavy atom. The topological polar surface area (TPSA) is 49.4 Å². The van der Waals surface area contributed by atoms with E-state index in [0.717, 1.165) is 25.7 Å². The van der Waals surface area contributed by atoms with Gasteiger partial charge in [0, 0.05) is 28.9 Å². The fourth-order valence-corrected chi connectivity index (χ4v) is 2.73. The summed E-state index contributed by atoms with van der Waals surface area (Å²) in [5.74, 6) is 0.188. The predicted molar refractivity (Wildman–Crippen MR) is 75.8 cm³/mol. The number of carbonyl (C=O) groups excluding carboxylic acids is 1. The Hall–Kier alpha value is -0.420. The Balaban J connectivity index is 2.71. The number of rotatable bonds is 7. The van der Waals surface area contributed by atoms with Gasteiger partial charge in [-0.3, -0.25) is 14.3 Å². The number of nitrogens with zero attached hydrogens (tertiary/aromatic N) is 1. The van der Waals surface area contributed by atoms with E-state index in [-0.39, 0.29) is 23.4 Å². The van der Waals surface area contributed by atoms with Crippen LogP contribution < -0.4 is 5.32 Å². The van der Waals surface area contributed by atoms with Gasteiger partial charge < -0.3 is 4.90 Å². The molecule has 1 fully saturated rings. The summed E-state index contributed by atoms with van der Waals surface area (Å²) in [6, 6.07) is -0.0379. The minimum Gasteiger partial charge on any atom is -0.325 e. The van der Waals surface area contributed by atoms with E-state index in [0.29, 0.717) is 6.54 Å². The largest absolute Gasteiger partial charge is 0.325 e. The van der Waals surface area contributed by atoms with Gasteiger partial charge in [-0.15, -0.1) is 0 Å². The van der Waals surface area contributed by atoms with Gasteiger partial charge in [0.25, 0.3) is 0 Å². The van der Waals surface area contributed by atoms with Gasteiger partial charge in [0.2, 0.25) is 5.91 Å². The van der Waals surface area contributed by atoms with Crippen molar-refractivity contribution in [2.24, 2.45) is 0 Å². The monoisotopic (exact) mass is 274 g/mol. The average molecular weight is 274 g/mol. The molecular formula is C13H26N2O2S. The molecule has 0 aliphatic carbocycles. The molecule has 1 heterocycles. The van der Waals surface area contributed by atoms with Crippen molar-refractivity contribution in [1.29, 1.82) is 0 Å². The van der Waals surface area contributed by atoms with E-state index in [4.69, 9.17) is 0 Å². The highest BCUT2D eigenvalue weighted by molar-refractivity contribution is 7.84. The molecule has 0 spiro atoms. The summed E-state index contributed by atoms with van der Waals surface area (Å²) in [4.78, 5) is 14.2. The van der Waals surface area contributed by atoms with Crippen LogP contribution in [0, 0.1) is 0 Å². The van der Waals surface area contributed by atoms with Crippen LogP contribution in [-0.4, -0.2) is 45.3 Å². The Morgan fingerprint density at radius 3 is 2.44 bits per heavy atom. The molecule has 106 valence electrons. The molecule has 0 aromatic heterocycles. The van der Waals surface area contributed by atoms with Crippen LogP contribution >= 0.6 is 0 Å². The van der Waals surface area contributed by atoms with Crippen LogP contribution in [0.5, 0.6) is 0 Å². The zero-order valence-electron chi connectivity index (χ0n) is 11.9. The molecule has 4 atom stereocenters. The first-order valence-corrected chi connectivity index (χ1v) is 8.52. The second kappa shape index (κ2) is 7.24. The molecule has 0 radical (unpaired) electrons. The molecule has 1 aliphatic rings. The second-order valence-corrected chi connectivity index (χ2v) is 6.91. The maximum absolute atomic E-state index is 12.3. The lowest BCUT2D eigenvalue weighted by Gasteiger charge is -2.26. The van der Waals surface area contributed by atoms with Crippen LogP contribution in [-0.2, 0) is 15.6 Å². The van der Waals surface area contributed by atoms with Gasteiger partial charge in [-0.05, 0) is 19.8 Å². The molecule has 1 amide bonds. The quantitative estimate of drug-likeness (QED) is 0.765. The number of hydrogen-bond acceptors (Lipinski definition) is 3. The first-order chi connectivity index (χ1) is 8.51. The predicted octanol–water partition coefficient (Wildman–Crippen LogP) is 1.48. The van der Waals surface area contributed by atoms with E-state index in [1.54, 1.807) is 6.26 Å². The summed E-state index contributed by atoms with van der Waals surface area (Å²) in [5, 5.41) is 3.45. The molecule has 4 unspecified atom stereocenters. The van der Waals surface area contributed by atoms with Crippen molar-refractivity contribution in [3.8, 4) is 0 Å². The van der Waals surface area contributed by atoms with Crippen molar-refractivity contribution >= 4 is 16.7 Å². The van der Waals surface area contributed by atoms with Gasteiger partial charge in [0.05, 0.1) is 12.2 Å². The molecule has 0 aromatic rings. The first kappa shape index (κ1) is 15.6. The average Bonchev–Trinajstić information content (AvgIpc) is 2.59. The van der Waals surface area contributed by atoms with E-state index in [9.17, 15) is 9.00 Å². The van der Waals surface area contributed by atoms with Crippen LogP contribution in [0.4, 0.5) is 0 Å². The van der Waals surface area contributed by atoms with E-state index >= 15 is 0 Å². The molecular weight excluding hydrogens is 248 g/mol. The molecule has 0 saturated carbocycles. The van der Waals surface area contributed by atoms with Crippen LogP contribution in [0.25, 0.3) is 0 Å². The van der Waals surface area contributed by atoms with Gasteiger partial charge >= 0.3 is 0 Å². The maximum Gasteiger partial charge on any atom is 0.241 e. The van der Waals surface area contributed by atoms with Crippen LogP contribution in [0.15, 0.2) is 0 Å². The number of hydrogen-bond donors (Lipinski definition) is 1. The second-order valence-electron chi connectivity index (χ2n) is 5.11. The first-order valence-electron chi connectivity index (χ1n) is 6.90. The molecule has 1 rings (SSSR count). The lowest BCUT2D eigenvalue weighted by Crippen LogP contribution is -2.42. The van der Waals surface area contributed by atoms with Gasteiger partial charge in [-0.2, -0.15) is 0 Å². The van der Waals surface area contributed by atoms with Crippen molar-refractivity contribution < 1.29 is 9.00 Å². The normalized spacial score (nSPS) is 27.6. The zero-order chi connectivity index (χ0) is 13.7. The molecule has 4 nitrogen and oxygen atoms in total. The third kappa shape index (κ3) is 3.79. The van der Waals surface area contributed by atoms with Crippen LogP contribution in [0.3, 0.4) is 0 Å². The lowest BCUT2D eigenvalue weighted by atomic mass is 10.2. The highest BCUT2D eigenvalue weighted by atomic mass is 32.2. The van der Waals surface area contributed by atoms with E-state index in [1.807, 2.05) is 11.8 Å². The number of carbonyl (C=O) groups is 1. The molecule has 0 bridgehead atoms. The fourth-order valence-electron chi connectivity index (χ4n) is 2.35. The summed E-state index contributed by atoms with van der Waals surface area (Å²) in [5.41, 5.74) is 0. The Bertz CT molecular complexity index is 309. The highest BCUT2D eigenvalue weighted by Gasteiger charge is 2.38. The van der Waals surface area contributed by atoms with Gasteiger partial charge in [-0.1, -0.05) is 26.7 Å². The van der Waals surface area contributed by atoms with Crippen molar-refractivity contribution in [2.45, 2.75) is 63.9 Å². The lowest BCUT2D eigenvalue weighted by molar-refractivity contribution is -0.130. The highest BCUT2D eigenvalue weighted by Crippen LogP contribution is 2.19. The standard InChI is InChI=1S/C13H26N2O2S/c1-5-7-11-13(16)15(9-10(3)18(4)17)12(14-11)8-6-2/h10-12,14H,5-9H2,1-4H3. The summed E-state index contributed by atoms with van der Waals surface area (Å²) >= 11 is 0. The van der Waals surface area contributed by atoms with Crippen molar-refractivity contribution in [2.75, 3.05) is 12.8 Å². The molecule has 1 saturated heterocycles. The van der Waals surface area contributed by atoms with Crippen molar-refractivity contribution in [3.05, 3.63) is 0 Å². The van der Waals surface area contributed by atoms with E-state index < -0.39 is 10.8 Å². The SMILES string of the molecule is CCCC1NC(CCC)N(CC(C)S(C)=O)C1=O. The smallest absolute Gasteiger partial charge is 0.241 e. The fraction of sp³-hybridized carbons (Fsp3) is 0.923. The minimum atomic E-state index is -0.877. The molecule has 1 aliphatic heterocycles. The zero-order valence-corrected chi connectivity index (χ0v) is 12.8. The number of nitrogens with one attached hydrogen (secondary N) is 1. The summed E-state index contributed by atoms with van der Waals surface area (Å²) in [7, 11) is -0.877. The van der Waals surface area contributed by atoms with Gasteiger partial charge in [-0.25, -0.2) is 0 Å². The number of amides is 1. The maximum atomic E-state index is 12.3. The minimum absolute atomic E-state index is 0.0375. The summed E-state index contributed by atoms with van der Waals surface area (Å²) in [6.07, 6.45) is 5.74. The van der Waals surface area contributed by atoms with E-state index in [2.05, 4.69) is 19.2 Å². The van der Waals surface area contributed by atoms with Crippen LogP contribution in [0.2, 0.25) is 0 Å². The van der Waals surface area contributed by atoms with Gasteiger partial charge in [0.1, 0.15) is 0 Å². The Kier molecular flexibility index (Phi) is 6.29. The molecule has 0 aromatic carbocycles. The van der Waals surface area contributed by atoms with Crippen molar-refractivity contribution in [1.82, 2.24) is 10.2 Å². The third-order valence-electron chi connectivity index (χ3n) is 3.51. The Labute approximate surface area is 113 Å². The third-order valence-corrected chi connectivity index (χ3v) is 4.79. The van der Waals surface area contributed by atoms with Crippen LogP contribution in [0.1, 0.15) is 46.5 Å². The molecule has 18 heavy (non-hydrogen) atoms. The summed E-state index contributed by atoms with van der Waals surface area (Å²) in [6.45, 7) is 6.76. The molecule has 5 heteroatoms. The molecule has 1 N–H and O–H groups in total. The van der Waals surface area contributed by atoms with Gasteiger partial charge in [0.15, 0.2) is 0 Å².